The van der Waals surface area contributed by atoms with Gasteiger partial charge >= 0.3 is 5.97 Å². The van der Waals surface area contributed by atoms with Gasteiger partial charge in [-0.25, -0.2) is 9.78 Å². The summed E-state index contributed by atoms with van der Waals surface area (Å²) in [5, 5.41) is 7.31. The molecule has 2 aromatic rings. The molecule has 0 fully saturated rings. The second-order valence-corrected chi connectivity index (χ2v) is 4.85. The number of nitrogens with zero attached hydrogens (tertiary/aromatic N) is 1. The zero-order chi connectivity index (χ0) is 13.8. The van der Waals surface area contributed by atoms with E-state index in [1.165, 1.54) is 13.2 Å². The Morgan fingerprint density at radius 3 is 3.00 bits per heavy atom. The average molecular weight is 277 g/mol. The molecule has 3 N–H and O–H groups in total. The number of nitrogens with one attached hydrogen (secondary N) is 1. The summed E-state index contributed by atoms with van der Waals surface area (Å²) in [5.74, 6) is -0.150. The number of nitrogen functional groups attached to an aromatic ring is 1. The summed E-state index contributed by atoms with van der Waals surface area (Å²) < 4.78 is 4.74. The molecule has 0 radical (unpaired) electrons. The van der Waals surface area contributed by atoms with Crippen molar-refractivity contribution in [2.24, 2.45) is 0 Å². The van der Waals surface area contributed by atoms with Crippen LogP contribution in [0.4, 0.5) is 11.5 Å². The number of hydrogen-bond donors (Lipinski definition) is 2. The Bertz CT molecular complexity index is 569. The van der Waals surface area contributed by atoms with Crippen LogP contribution < -0.4 is 11.1 Å². The molecule has 0 aliphatic carbocycles. The van der Waals surface area contributed by atoms with Crippen LogP contribution in [0.5, 0.6) is 0 Å². The summed E-state index contributed by atoms with van der Waals surface area (Å²) in [5.41, 5.74) is 7.75. The normalized spacial score (nSPS) is 11.9. The fourth-order valence-electron chi connectivity index (χ4n) is 1.70. The summed E-state index contributed by atoms with van der Waals surface area (Å²) in [6.45, 7) is 2.01. The quantitative estimate of drug-likeness (QED) is 0.840. The summed E-state index contributed by atoms with van der Waals surface area (Å²) in [7, 11) is 1.34. The number of thiophene rings is 1. The summed E-state index contributed by atoms with van der Waals surface area (Å²) in [6, 6.07) is 3.61. The van der Waals surface area contributed by atoms with Gasteiger partial charge in [-0.2, -0.15) is 11.3 Å². The first kappa shape index (κ1) is 13.4. The molecule has 19 heavy (non-hydrogen) atoms. The molecule has 100 valence electrons. The minimum atomic E-state index is -0.436. The molecule has 2 rings (SSSR count). The van der Waals surface area contributed by atoms with Crippen LogP contribution in [0.1, 0.15) is 28.9 Å². The molecular weight excluding hydrogens is 262 g/mol. The molecule has 0 spiro atoms. The Labute approximate surface area is 115 Å². The standard InChI is InChI=1S/C13H15N3O2S/c1-8(9-3-4-19-7-9)16-11-6-15-12(14)5-10(11)13(17)18-2/h3-8,16H,1-2H3,(H2,14,15). The number of nitrogens with two attached hydrogens (primary N) is 1. The zero-order valence-corrected chi connectivity index (χ0v) is 11.5. The Kier molecular flexibility index (Phi) is 4.01. The monoisotopic (exact) mass is 277 g/mol. The van der Waals surface area contributed by atoms with Crippen molar-refractivity contribution < 1.29 is 9.53 Å². The van der Waals surface area contributed by atoms with Gasteiger partial charge in [0.25, 0.3) is 0 Å². The maximum absolute atomic E-state index is 11.7. The Hall–Kier alpha value is -2.08. The first-order valence-corrected chi connectivity index (χ1v) is 6.68. The molecule has 0 saturated heterocycles. The van der Waals surface area contributed by atoms with E-state index >= 15 is 0 Å². The number of esters is 1. The van der Waals surface area contributed by atoms with Gasteiger partial charge in [-0.3, -0.25) is 0 Å². The van der Waals surface area contributed by atoms with Gasteiger partial charge in [-0.15, -0.1) is 0 Å². The third-order valence-corrected chi connectivity index (χ3v) is 3.45. The molecule has 0 saturated carbocycles. The number of ether oxygens (including phenoxy) is 1. The highest BCUT2D eigenvalue weighted by atomic mass is 32.1. The number of methoxy groups -OCH3 is 1. The number of carbonyl (C=O) groups is 1. The zero-order valence-electron chi connectivity index (χ0n) is 10.7. The number of rotatable bonds is 4. The number of anilines is 2. The van der Waals surface area contributed by atoms with Crippen molar-refractivity contribution in [1.82, 2.24) is 4.98 Å². The lowest BCUT2D eigenvalue weighted by atomic mass is 10.1. The van der Waals surface area contributed by atoms with E-state index in [9.17, 15) is 4.79 Å². The molecule has 0 aliphatic heterocycles. The van der Waals surface area contributed by atoms with Crippen LogP contribution in [0.25, 0.3) is 0 Å². The minimum Gasteiger partial charge on any atom is -0.465 e. The first-order valence-electron chi connectivity index (χ1n) is 5.74. The topological polar surface area (TPSA) is 77.2 Å². The Morgan fingerprint density at radius 2 is 2.37 bits per heavy atom. The molecule has 5 nitrogen and oxygen atoms in total. The van der Waals surface area contributed by atoms with Gasteiger partial charge in [0.2, 0.25) is 0 Å². The van der Waals surface area contributed by atoms with Crippen molar-refractivity contribution in [2.45, 2.75) is 13.0 Å². The second-order valence-electron chi connectivity index (χ2n) is 4.07. The number of hydrogen-bond acceptors (Lipinski definition) is 6. The molecule has 0 aromatic carbocycles. The van der Waals surface area contributed by atoms with Crippen LogP contribution in [0.2, 0.25) is 0 Å². The van der Waals surface area contributed by atoms with E-state index in [0.29, 0.717) is 11.3 Å². The summed E-state index contributed by atoms with van der Waals surface area (Å²) in [6.07, 6.45) is 1.55. The Morgan fingerprint density at radius 1 is 1.58 bits per heavy atom. The third kappa shape index (κ3) is 3.03. The molecular formula is C13H15N3O2S. The van der Waals surface area contributed by atoms with E-state index in [1.54, 1.807) is 17.5 Å². The van der Waals surface area contributed by atoms with Gasteiger partial charge in [-0.1, -0.05) is 0 Å². The van der Waals surface area contributed by atoms with Crippen molar-refractivity contribution in [1.29, 1.82) is 0 Å². The maximum atomic E-state index is 11.7. The van der Waals surface area contributed by atoms with Crippen molar-refractivity contribution in [3.05, 3.63) is 40.2 Å². The van der Waals surface area contributed by atoms with Gasteiger partial charge in [-0.05, 0) is 35.4 Å². The predicted octanol–water partition coefficient (Wildman–Crippen LogP) is 2.69. The van der Waals surface area contributed by atoms with Crippen LogP contribution in [0, 0.1) is 0 Å². The van der Waals surface area contributed by atoms with Crippen molar-refractivity contribution in [3.63, 3.8) is 0 Å². The van der Waals surface area contributed by atoms with Crippen molar-refractivity contribution in [3.8, 4) is 0 Å². The SMILES string of the molecule is COC(=O)c1cc(N)ncc1NC(C)c1ccsc1. The smallest absolute Gasteiger partial charge is 0.340 e. The van der Waals surface area contributed by atoms with E-state index < -0.39 is 5.97 Å². The van der Waals surface area contributed by atoms with E-state index in [4.69, 9.17) is 10.5 Å². The highest BCUT2D eigenvalue weighted by molar-refractivity contribution is 7.07. The summed E-state index contributed by atoms with van der Waals surface area (Å²) in [4.78, 5) is 15.7. The number of carbonyl (C=O) groups excluding carboxylic acids is 1. The summed E-state index contributed by atoms with van der Waals surface area (Å²) >= 11 is 1.63. The molecule has 0 aliphatic rings. The van der Waals surface area contributed by atoms with Gasteiger partial charge < -0.3 is 15.8 Å². The van der Waals surface area contributed by atoms with Crippen molar-refractivity contribution >= 4 is 28.8 Å². The predicted molar refractivity (Wildman–Crippen MR) is 76.3 cm³/mol. The first-order chi connectivity index (χ1) is 9.11. The Balaban J connectivity index is 2.27. The lowest BCUT2D eigenvalue weighted by Gasteiger charge is -2.16. The lowest BCUT2D eigenvalue weighted by molar-refractivity contribution is 0.0601. The largest absolute Gasteiger partial charge is 0.465 e. The van der Waals surface area contributed by atoms with E-state index in [-0.39, 0.29) is 11.9 Å². The van der Waals surface area contributed by atoms with Crippen LogP contribution in [-0.4, -0.2) is 18.1 Å². The van der Waals surface area contributed by atoms with Gasteiger partial charge in [0.05, 0.1) is 24.6 Å². The molecule has 6 heteroatoms. The van der Waals surface area contributed by atoms with Crippen LogP contribution >= 0.6 is 11.3 Å². The molecule has 2 aromatic heterocycles. The minimum absolute atomic E-state index is 0.0695. The molecule has 0 bridgehead atoms. The highest BCUT2D eigenvalue weighted by Gasteiger charge is 2.15. The van der Waals surface area contributed by atoms with Gasteiger partial charge in [0.1, 0.15) is 5.82 Å². The maximum Gasteiger partial charge on any atom is 0.340 e. The fourth-order valence-corrected chi connectivity index (χ4v) is 2.46. The van der Waals surface area contributed by atoms with Gasteiger partial charge in [0.15, 0.2) is 0 Å². The van der Waals surface area contributed by atoms with Gasteiger partial charge in [0, 0.05) is 6.04 Å². The fraction of sp³-hybridized carbons (Fsp3) is 0.231. The third-order valence-electron chi connectivity index (χ3n) is 2.75. The average Bonchev–Trinajstić information content (AvgIpc) is 2.94. The highest BCUT2D eigenvalue weighted by Crippen LogP contribution is 2.24. The second kappa shape index (κ2) is 5.71. The van der Waals surface area contributed by atoms with E-state index in [2.05, 4.69) is 15.7 Å². The molecule has 1 unspecified atom stereocenters. The van der Waals surface area contributed by atoms with Crippen LogP contribution in [0.15, 0.2) is 29.1 Å². The molecule has 2 heterocycles. The number of aromatic nitrogens is 1. The van der Waals surface area contributed by atoms with E-state index in [1.807, 2.05) is 18.4 Å². The van der Waals surface area contributed by atoms with Crippen LogP contribution in [0.3, 0.4) is 0 Å². The van der Waals surface area contributed by atoms with E-state index in [0.717, 1.165) is 5.56 Å². The van der Waals surface area contributed by atoms with Crippen molar-refractivity contribution in [2.75, 3.05) is 18.2 Å². The number of pyridine rings is 1. The lowest BCUT2D eigenvalue weighted by Crippen LogP contribution is -2.12. The van der Waals surface area contributed by atoms with Crippen LogP contribution in [-0.2, 0) is 4.74 Å². The molecule has 1 atom stereocenters. The molecule has 0 amide bonds.